The number of nitrogens with one attached hydrogen (secondary N) is 1. The molecule has 0 aromatic heterocycles. The van der Waals surface area contributed by atoms with E-state index in [0.717, 1.165) is 17.8 Å². The average Bonchev–Trinajstić information content (AvgIpc) is 2.56. The summed E-state index contributed by atoms with van der Waals surface area (Å²) in [6, 6.07) is 9.99. The van der Waals surface area contributed by atoms with Gasteiger partial charge in [-0.25, -0.2) is 4.99 Å². The lowest BCUT2D eigenvalue weighted by atomic mass is 10.1. The monoisotopic (exact) mass is 367 g/mol. The third-order valence-electron chi connectivity index (χ3n) is 3.52. The van der Waals surface area contributed by atoms with E-state index in [9.17, 15) is 8.78 Å². The lowest BCUT2D eigenvalue weighted by Crippen LogP contribution is -2.14. The summed E-state index contributed by atoms with van der Waals surface area (Å²) >= 11 is 6.30. The fourth-order valence-electron chi connectivity index (χ4n) is 2.05. The molecule has 0 saturated carbocycles. The average molecular weight is 368 g/mol. The molecule has 2 aromatic carbocycles. The first-order chi connectivity index (χ1) is 11.9. The van der Waals surface area contributed by atoms with Crippen LogP contribution in [0.1, 0.15) is 12.5 Å². The number of halogens is 3. The maximum absolute atomic E-state index is 12.3. The molecule has 25 heavy (non-hydrogen) atoms. The molecule has 0 bridgehead atoms. The highest BCUT2D eigenvalue weighted by Crippen LogP contribution is 2.33. The van der Waals surface area contributed by atoms with Gasteiger partial charge in [-0.3, -0.25) is 0 Å². The Balaban J connectivity index is 2.21. The zero-order valence-corrected chi connectivity index (χ0v) is 15.0. The van der Waals surface area contributed by atoms with Gasteiger partial charge >= 0.3 is 6.61 Å². The summed E-state index contributed by atoms with van der Waals surface area (Å²) in [6.07, 6.45) is 1.72. The Labute approximate surface area is 151 Å². The number of benzene rings is 2. The molecule has 0 aliphatic rings. The van der Waals surface area contributed by atoms with Crippen LogP contribution in [0.15, 0.2) is 41.4 Å². The van der Waals surface area contributed by atoms with Crippen molar-refractivity contribution >= 4 is 35.0 Å². The number of nitrogens with zero attached hydrogens (tertiary/aromatic N) is 2. The Morgan fingerprint density at radius 2 is 2.08 bits per heavy atom. The highest BCUT2D eigenvalue weighted by atomic mass is 35.5. The lowest BCUT2D eigenvalue weighted by Gasteiger charge is -2.13. The molecule has 0 amide bonds. The summed E-state index contributed by atoms with van der Waals surface area (Å²) in [7, 11) is 1.93. The highest BCUT2D eigenvalue weighted by Gasteiger charge is 2.08. The van der Waals surface area contributed by atoms with E-state index in [-0.39, 0.29) is 5.75 Å². The van der Waals surface area contributed by atoms with Crippen molar-refractivity contribution in [3.05, 3.63) is 47.0 Å². The predicted octanol–water partition coefficient (Wildman–Crippen LogP) is 5.60. The third-order valence-corrected chi connectivity index (χ3v) is 3.83. The second-order valence-electron chi connectivity index (χ2n) is 5.47. The van der Waals surface area contributed by atoms with E-state index in [1.807, 2.05) is 31.9 Å². The van der Waals surface area contributed by atoms with E-state index < -0.39 is 6.61 Å². The van der Waals surface area contributed by atoms with Crippen LogP contribution in [0.4, 0.5) is 25.8 Å². The standard InChI is InChI=1S/C18H20ClF2N3O/c1-4-24(3)11-22-17-8-12(2)16(10-15(17)19)23-13-6-5-7-14(9-13)25-18(20)21/h5-11,18,23H,4H2,1-3H3. The van der Waals surface area contributed by atoms with Crippen LogP contribution in [-0.4, -0.2) is 31.4 Å². The number of hydrogen-bond donors (Lipinski definition) is 1. The fourth-order valence-corrected chi connectivity index (χ4v) is 2.26. The van der Waals surface area contributed by atoms with Crippen molar-refractivity contribution in [1.82, 2.24) is 4.90 Å². The largest absolute Gasteiger partial charge is 0.435 e. The highest BCUT2D eigenvalue weighted by molar-refractivity contribution is 6.33. The van der Waals surface area contributed by atoms with Gasteiger partial charge in [0, 0.05) is 31.0 Å². The lowest BCUT2D eigenvalue weighted by molar-refractivity contribution is -0.0497. The number of ether oxygens (including phenoxy) is 1. The van der Waals surface area contributed by atoms with Crippen LogP contribution in [0.2, 0.25) is 5.02 Å². The fraction of sp³-hybridized carbons (Fsp3) is 0.278. The molecule has 0 fully saturated rings. The molecular weight excluding hydrogens is 348 g/mol. The molecule has 1 N–H and O–H groups in total. The van der Waals surface area contributed by atoms with Gasteiger partial charge in [0.2, 0.25) is 0 Å². The van der Waals surface area contributed by atoms with Gasteiger partial charge in [0.05, 0.1) is 17.0 Å². The summed E-state index contributed by atoms with van der Waals surface area (Å²) in [4.78, 5) is 6.31. The zero-order valence-electron chi connectivity index (χ0n) is 14.3. The minimum absolute atomic E-state index is 0.0903. The first kappa shape index (κ1) is 19.0. The quantitative estimate of drug-likeness (QED) is 0.511. The van der Waals surface area contributed by atoms with E-state index in [2.05, 4.69) is 15.0 Å². The Morgan fingerprint density at radius 1 is 1.32 bits per heavy atom. The van der Waals surface area contributed by atoms with Crippen molar-refractivity contribution in [2.75, 3.05) is 18.9 Å². The molecule has 2 aromatic rings. The first-order valence-electron chi connectivity index (χ1n) is 7.75. The smallest absolute Gasteiger partial charge is 0.387 e. The maximum atomic E-state index is 12.3. The molecule has 0 saturated heterocycles. The second kappa shape index (κ2) is 8.67. The molecular formula is C18H20ClF2N3O. The molecule has 0 heterocycles. The van der Waals surface area contributed by atoms with Gasteiger partial charge in [0.1, 0.15) is 5.75 Å². The number of rotatable bonds is 7. The van der Waals surface area contributed by atoms with Crippen LogP contribution >= 0.6 is 11.6 Å². The van der Waals surface area contributed by atoms with Crippen molar-refractivity contribution in [2.24, 2.45) is 4.99 Å². The van der Waals surface area contributed by atoms with E-state index >= 15 is 0 Å². The van der Waals surface area contributed by atoms with Crippen LogP contribution in [0.25, 0.3) is 0 Å². The van der Waals surface area contributed by atoms with Crippen LogP contribution < -0.4 is 10.1 Å². The predicted molar refractivity (Wildman–Crippen MR) is 99.0 cm³/mol. The van der Waals surface area contributed by atoms with E-state index in [1.165, 1.54) is 12.1 Å². The molecule has 0 aliphatic heterocycles. The molecule has 4 nitrogen and oxygen atoms in total. The van der Waals surface area contributed by atoms with Gasteiger partial charge in [-0.1, -0.05) is 17.7 Å². The molecule has 0 spiro atoms. The normalized spacial score (nSPS) is 11.2. The third kappa shape index (κ3) is 5.60. The number of alkyl halides is 2. The maximum Gasteiger partial charge on any atom is 0.387 e. The summed E-state index contributed by atoms with van der Waals surface area (Å²) < 4.78 is 29.0. The van der Waals surface area contributed by atoms with Gasteiger partial charge < -0.3 is 15.0 Å². The van der Waals surface area contributed by atoms with E-state index in [1.54, 1.807) is 24.5 Å². The van der Waals surface area contributed by atoms with Crippen LogP contribution in [0.5, 0.6) is 5.75 Å². The number of aryl methyl sites for hydroxylation is 1. The molecule has 0 atom stereocenters. The van der Waals surface area contributed by atoms with Crippen molar-refractivity contribution in [2.45, 2.75) is 20.5 Å². The summed E-state index contributed by atoms with van der Waals surface area (Å²) in [5, 5.41) is 3.65. The van der Waals surface area contributed by atoms with Crippen molar-refractivity contribution in [3.8, 4) is 5.75 Å². The summed E-state index contributed by atoms with van der Waals surface area (Å²) in [6.45, 7) is 1.93. The van der Waals surface area contributed by atoms with Crippen molar-refractivity contribution in [1.29, 1.82) is 0 Å². The Morgan fingerprint density at radius 3 is 2.76 bits per heavy atom. The zero-order chi connectivity index (χ0) is 18.4. The Hall–Kier alpha value is -2.34. The number of aliphatic imine (C=N–C) groups is 1. The van der Waals surface area contributed by atoms with Crippen LogP contribution in [0, 0.1) is 6.92 Å². The minimum atomic E-state index is -2.86. The first-order valence-corrected chi connectivity index (χ1v) is 8.13. The van der Waals surface area contributed by atoms with E-state index in [0.29, 0.717) is 16.4 Å². The minimum Gasteiger partial charge on any atom is -0.435 e. The molecule has 0 aliphatic carbocycles. The Bertz CT molecular complexity index is 753. The topological polar surface area (TPSA) is 36.9 Å². The Kier molecular flexibility index (Phi) is 6.58. The second-order valence-corrected chi connectivity index (χ2v) is 5.87. The summed E-state index contributed by atoms with van der Waals surface area (Å²) in [5.41, 5.74) is 2.98. The summed E-state index contributed by atoms with van der Waals surface area (Å²) in [5.74, 6) is 0.0903. The van der Waals surface area contributed by atoms with Gasteiger partial charge in [-0.15, -0.1) is 0 Å². The molecule has 134 valence electrons. The number of hydrogen-bond acceptors (Lipinski definition) is 3. The van der Waals surface area contributed by atoms with E-state index in [4.69, 9.17) is 11.6 Å². The van der Waals surface area contributed by atoms with Gasteiger partial charge in [-0.2, -0.15) is 8.78 Å². The number of anilines is 2. The molecule has 0 unspecified atom stereocenters. The van der Waals surface area contributed by atoms with Gasteiger partial charge in [0.15, 0.2) is 0 Å². The van der Waals surface area contributed by atoms with Gasteiger partial charge in [-0.05, 0) is 43.7 Å². The van der Waals surface area contributed by atoms with Crippen LogP contribution in [0.3, 0.4) is 0 Å². The van der Waals surface area contributed by atoms with Gasteiger partial charge in [0.25, 0.3) is 0 Å². The van der Waals surface area contributed by atoms with Crippen molar-refractivity contribution in [3.63, 3.8) is 0 Å². The van der Waals surface area contributed by atoms with Crippen LogP contribution in [-0.2, 0) is 0 Å². The SMILES string of the molecule is CCN(C)C=Nc1cc(C)c(Nc2cccc(OC(F)F)c2)cc1Cl. The molecule has 0 radical (unpaired) electrons. The van der Waals surface area contributed by atoms with Crippen molar-refractivity contribution < 1.29 is 13.5 Å². The molecule has 7 heteroatoms. The molecule has 2 rings (SSSR count).